The number of methoxy groups -OCH3 is 3. The molecule has 2 aromatic carbocycles. The smallest absolute Gasteiger partial charge is 0.203 e. The van der Waals surface area contributed by atoms with Crippen LogP contribution in [0.5, 0.6) is 17.2 Å². The van der Waals surface area contributed by atoms with Crippen LogP contribution in [0.4, 0.5) is 0 Å². The summed E-state index contributed by atoms with van der Waals surface area (Å²) >= 11 is 0. The van der Waals surface area contributed by atoms with Crippen molar-refractivity contribution in [1.82, 2.24) is 15.5 Å². The molecule has 0 fully saturated rings. The van der Waals surface area contributed by atoms with Crippen LogP contribution in [0.25, 0.3) is 0 Å². The number of hydrogen-bond donors (Lipinski definition) is 2. The van der Waals surface area contributed by atoms with E-state index in [0.717, 1.165) is 24.6 Å². The van der Waals surface area contributed by atoms with Gasteiger partial charge in [-0.3, -0.25) is 0 Å². The van der Waals surface area contributed by atoms with Crippen molar-refractivity contribution in [3.8, 4) is 17.2 Å². The van der Waals surface area contributed by atoms with Gasteiger partial charge in [0.25, 0.3) is 0 Å². The Kier molecular flexibility index (Phi) is 12.1. The van der Waals surface area contributed by atoms with Gasteiger partial charge >= 0.3 is 0 Å². The standard InChI is InChI=1S/C23H34N4O3.HI/c1-7-24-23(26-15-18-10-8-9-11-19(18)16-27(2)3)25-14-17-12-20(28-4)22(30-6)21(13-17)29-5;/h8-13H,7,14-16H2,1-6H3,(H2,24,25,26);1H. The molecule has 7 nitrogen and oxygen atoms in total. The van der Waals surface area contributed by atoms with Crippen LogP contribution in [0.2, 0.25) is 0 Å². The van der Waals surface area contributed by atoms with Crippen LogP contribution in [0, 0.1) is 0 Å². The number of guanidine groups is 1. The summed E-state index contributed by atoms with van der Waals surface area (Å²) in [5, 5.41) is 6.74. The third-order valence-corrected chi connectivity index (χ3v) is 4.54. The van der Waals surface area contributed by atoms with Gasteiger partial charge < -0.3 is 29.7 Å². The molecule has 0 amide bonds. The molecule has 0 radical (unpaired) electrons. The molecule has 0 atom stereocenters. The van der Waals surface area contributed by atoms with Crippen LogP contribution in [0.1, 0.15) is 23.6 Å². The van der Waals surface area contributed by atoms with Gasteiger partial charge in [-0.1, -0.05) is 24.3 Å². The van der Waals surface area contributed by atoms with Crippen molar-refractivity contribution in [3.05, 3.63) is 53.1 Å². The second-order valence-electron chi connectivity index (χ2n) is 7.09. The maximum atomic E-state index is 5.44. The van der Waals surface area contributed by atoms with Crippen LogP contribution in [-0.4, -0.2) is 52.8 Å². The molecule has 2 N–H and O–H groups in total. The monoisotopic (exact) mass is 542 g/mol. The molecule has 0 aliphatic rings. The van der Waals surface area contributed by atoms with Crippen molar-refractivity contribution >= 4 is 29.9 Å². The zero-order chi connectivity index (χ0) is 21.9. The van der Waals surface area contributed by atoms with Gasteiger partial charge in [0.15, 0.2) is 17.5 Å². The quantitative estimate of drug-likeness (QED) is 0.272. The number of ether oxygens (including phenoxy) is 3. The van der Waals surface area contributed by atoms with Crippen LogP contribution in [0.3, 0.4) is 0 Å². The van der Waals surface area contributed by atoms with Gasteiger partial charge in [0.1, 0.15) is 0 Å². The summed E-state index contributed by atoms with van der Waals surface area (Å²) in [5.74, 6) is 2.58. The predicted molar refractivity (Wildman–Crippen MR) is 137 cm³/mol. The maximum absolute atomic E-state index is 5.44. The fourth-order valence-corrected chi connectivity index (χ4v) is 3.14. The summed E-state index contributed by atoms with van der Waals surface area (Å²) < 4.78 is 16.3. The predicted octanol–water partition coefficient (Wildman–Crippen LogP) is 3.65. The minimum atomic E-state index is 0. The Balaban J connectivity index is 0.00000480. The third kappa shape index (κ3) is 8.10. The second-order valence-corrected chi connectivity index (χ2v) is 7.09. The first kappa shape index (κ1) is 26.8. The lowest BCUT2D eigenvalue weighted by atomic mass is 10.1. The maximum Gasteiger partial charge on any atom is 0.203 e. The molecular weight excluding hydrogens is 507 g/mol. The number of benzene rings is 2. The molecule has 0 saturated heterocycles. The Hall–Kier alpha value is -2.20. The number of halogens is 1. The number of nitrogens with one attached hydrogen (secondary N) is 2. The summed E-state index contributed by atoms with van der Waals surface area (Å²) in [6.07, 6.45) is 0. The molecule has 0 spiro atoms. The van der Waals surface area contributed by atoms with E-state index in [4.69, 9.17) is 19.2 Å². The molecule has 0 saturated carbocycles. The average molecular weight is 542 g/mol. The molecule has 0 aliphatic heterocycles. The lowest BCUT2D eigenvalue weighted by Crippen LogP contribution is -2.37. The van der Waals surface area contributed by atoms with Crippen LogP contribution in [-0.2, 0) is 19.6 Å². The van der Waals surface area contributed by atoms with E-state index >= 15 is 0 Å². The van der Waals surface area contributed by atoms with E-state index in [-0.39, 0.29) is 24.0 Å². The van der Waals surface area contributed by atoms with Crippen LogP contribution in [0.15, 0.2) is 41.4 Å². The molecule has 8 heteroatoms. The molecule has 2 aromatic rings. The Morgan fingerprint density at radius 2 is 1.55 bits per heavy atom. The summed E-state index contributed by atoms with van der Waals surface area (Å²) in [4.78, 5) is 6.90. The second kappa shape index (κ2) is 14.0. The van der Waals surface area contributed by atoms with Crippen molar-refractivity contribution in [2.75, 3.05) is 42.0 Å². The summed E-state index contributed by atoms with van der Waals surface area (Å²) in [6, 6.07) is 12.3. The Bertz CT molecular complexity index is 818. The van der Waals surface area contributed by atoms with E-state index in [9.17, 15) is 0 Å². The zero-order valence-electron chi connectivity index (χ0n) is 19.3. The van der Waals surface area contributed by atoms with Gasteiger partial charge in [0.2, 0.25) is 5.75 Å². The number of aliphatic imine (C=N–C) groups is 1. The molecule has 31 heavy (non-hydrogen) atoms. The lowest BCUT2D eigenvalue weighted by molar-refractivity contribution is 0.324. The number of nitrogens with zero attached hydrogens (tertiary/aromatic N) is 2. The van der Waals surface area contributed by atoms with Gasteiger partial charge in [0.05, 0.1) is 27.9 Å². The number of hydrogen-bond acceptors (Lipinski definition) is 5. The third-order valence-electron chi connectivity index (χ3n) is 4.54. The van der Waals surface area contributed by atoms with Gasteiger partial charge in [-0.15, -0.1) is 24.0 Å². The van der Waals surface area contributed by atoms with Crippen molar-refractivity contribution in [1.29, 1.82) is 0 Å². The minimum Gasteiger partial charge on any atom is -0.493 e. The Morgan fingerprint density at radius 3 is 2.06 bits per heavy atom. The molecule has 172 valence electrons. The zero-order valence-corrected chi connectivity index (χ0v) is 21.7. The van der Waals surface area contributed by atoms with Gasteiger partial charge in [0, 0.05) is 19.6 Å². The minimum absolute atomic E-state index is 0. The normalized spacial score (nSPS) is 11.0. The number of rotatable bonds is 10. The SMILES string of the molecule is CCNC(=NCc1cc(OC)c(OC)c(OC)c1)NCc1ccccc1CN(C)C.I. The van der Waals surface area contributed by atoms with Crippen LogP contribution < -0.4 is 24.8 Å². The van der Waals surface area contributed by atoms with E-state index in [2.05, 4.69) is 60.8 Å². The largest absolute Gasteiger partial charge is 0.493 e. The summed E-state index contributed by atoms with van der Waals surface area (Å²) in [6.45, 7) is 4.91. The van der Waals surface area contributed by atoms with Crippen LogP contribution >= 0.6 is 24.0 Å². The Morgan fingerprint density at radius 1 is 0.935 bits per heavy atom. The topological polar surface area (TPSA) is 67.4 Å². The summed E-state index contributed by atoms with van der Waals surface area (Å²) in [7, 11) is 8.97. The van der Waals surface area contributed by atoms with E-state index in [1.54, 1.807) is 21.3 Å². The fraction of sp³-hybridized carbons (Fsp3) is 0.435. The highest BCUT2D eigenvalue weighted by Crippen LogP contribution is 2.38. The van der Waals surface area contributed by atoms with Crippen molar-refractivity contribution in [3.63, 3.8) is 0 Å². The fourth-order valence-electron chi connectivity index (χ4n) is 3.14. The van der Waals surface area contributed by atoms with Gasteiger partial charge in [-0.05, 0) is 49.8 Å². The highest BCUT2D eigenvalue weighted by Gasteiger charge is 2.13. The van der Waals surface area contributed by atoms with E-state index < -0.39 is 0 Å². The average Bonchev–Trinajstić information content (AvgIpc) is 2.75. The van der Waals surface area contributed by atoms with Gasteiger partial charge in [-0.25, -0.2) is 4.99 Å². The highest BCUT2D eigenvalue weighted by molar-refractivity contribution is 14.0. The van der Waals surface area contributed by atoms with E-state index in [1.807, 2.05) is 12.1 Å². The van der Waals surface area contributed by atoms with E-state index in [0.29, 0.717) is 30.3 Å². The molecule has 0 aliphatic carbocycles. The molecule has 0 heterocycles. The Labute approximate surface area is 203 Å². The molecule has 2 rings (SSSR count). The molecule has 0 bridgehead atoms. The highest BCUT2D eigenvalue weighted by atomic mass is 127. The molecule has 0 aromatic heterocycles. The molecular formula is C23H35IN4O3. The lowest BCUT2D eigenvalue weighted by Gasteiger charge is -2.17. The first-order valence-corrected chi connectivity index (χ1v) is 10.0. The van der Waals surface area contributed by atoms with Gasteiger partial charge in [-0.2, -0.15) is 0 Å². The molecule has 0 unspecified atom stereocenters. The van der Waals surface area contributed by atoms with Crippen molar-refractivity contribution in [2.45, 2.75) is 26.6 Å². The van der Waals surface area contributed by atoms with E-state index in [1.165, 1.54) is 11.1 Å². The van der Waals surface area contributed by atoms with Crippen molar-refractivity contribution < 1.29 is 14.2 Å². The summed E-state index contributed by atoms with van der Waals surface area (Å²) in [5.41, 5.74) is 3.52. The van der Waals surface area contributed by atoms with Crippen molar-refractivity contribution in [2.24, 2.45) is 4.99 Å². The first-order chi connectivity index (χ1) is 14.5. The first-order valence-electron chi connectivity index (χ1n) is 10.0.